The number of benzene rings is 1. The Bertz CT molecular complexity index is 651. The van der Waals surface area contributed by atoms with E-state index in [1.807, 2.05) is 6.07 Å². The van der Waals surface area contributed by atoms with Crippen molar-refractivity contribution < 1.29 is 9.53 Å². The molecule has 1 aromatic heterocycles. The first-order valence-electron chi connectivity index (χ1n) is 7.28. The fourth-order valence-corrected chi connectivity index (χ4v) is 3.87. The van der Waals surface area contributed by atoms with E-state index in [2.05, 4.69) is 15.4 Å². The van der Waals surface area contributed by atoms with Crippen molar-refractivity contribution in [3.05, 3.63) is 23.8 Å². The summed E-state index contributed by atoms with van der Waals surface area (Å²) in [5.74, 6) is 1.93. The molecule has 0 spiro atoms. The number of nitrogens with zero attached hydrogens (tertiary/aromatic N) is 2. The van der Waals surface area contributed by atoms with Gasteiger partial charge in [-0.25, -0.2) is 4.79 Å². The first kappa shape index (κ1) is 11.9. The van der Waals surface area contributed by atoms with E-state index in [9.17, 15) is 4.79 Å². The van der Waals surface area contributed by atoms with E-state index in [0.29, 0.717) is 29.1 Å². The van der Waals surface area contributed by atoms with Gasteiger partial charge in [0.15, 0.2) is 0 Å². The number of nitrogens with one attached hydrogen (secondary N) is 1. The summed E-state index contributed by atoms with van der Waals surface area (Å²) in [7, 11) is 0. The van der Waals surface area contributed by atoms with Crippen molar-refractivity contribution in [3.8, 4) is 0 Å². The fraction of sp³-hybridized carbons (Fsp3) is 0.533. The molecule has 104 valence electrons. The molecule has 2 aliphatic carbocycles. The van der Waals surface area contributed by atoms with Crippen molar-refractivity contribution in [1.29, 1.82) is 0 Å². The molecule has 0 radical (unpaired) electrons. The molecule has 4 rings (SSSR count). The summed E-state index contributed by atoms with van der Waals surface area (Å²) in [4.78, 5) is 12.2. The van der Waals surface area contributed by atoms with Crippen molar-refractivity contribution in [2.45, 2.75) is 25.7 Å². The smallest absolute Gasteiger partial charge is 0.340 e. The van der Waals surface area contributed by atoms with Crippen molar-refractivity contribution in [3.63, 3.8) is 0 Å². The maximum atomic E-state index is 12.2. The van der Waals surface area contributed by atoms with E-state index in [-0.39, 0.29) is 5.97 Å². The number of carbonyl (C=O) groups is 1. The Morgan fingerprint density at radius 2 is 2.25 bits per heavy atom. The Balaban J connectivity index is 1.46. The normalized spacial score (nSPS) is 28.1. The van der Waals surface area contributed by atoms with E-state index in [0.717, 1.165) is 11.8 Å². The Kier molecular flexibility index (Phi) is 2.72. The maximum absolute atomic E-state index is 12.2. The van der Waals surface area contributed by atoms with Gasteiger partial charge in [-0.3, -0.25) is 0 Å². The van der Waals surface area contributed by atoms with Gasteiger partial charge in [-0.05, 0) is 49.1 Å². The number of fused-ring (bicyclic) bond motifs is 3. The minimum absolute atomic E-state index is 0.285. The molecule has 0 aliphatic heterocycles. The number of para-hydroxylation sites is 1. The molecule has 2 aromatic rings. The number of H-pyrrole nitrogens is 1. The second-order valence-corrected chi connectivity index (χ2v) is 6.03. The first-order valence-corrected chi connectivity index (χ1v) is 7.28. The molecule has 20 heavy (non-hydrogen) atoms. The molecule has 1 N–H and O–H groups in total. The quantitative estimate of drug-likeness (QED) is 0.871. The minimum Gasteiger partial charge on any atom is -0.462 e. The first-order chi connectivity index (χ1) is 9.81. The number of hydrogen-bond donors (Lipinski definition) is 1. The van der Waals surface area contributed by atoms with Gasteiger partial charge in [0.05, 0.1) is 12.2 Å². The average Bonchev–Trinajstić information content (AvgIpc) is 3.19. The minimum atomic E-state index is -0.285. The van der Waals surface area contributed by atoms with Crippen LogP contribution in [0.4, 0.5) is 0 Å². The highest BCUT2D eigenvalue weighted by molar-refractivity contribution is 6.01. The number of aromatic nitrogens is 3. The second kappa shape index (κ2) is 4.58. The van der Waals surface area contributed by atoms with E-state index in [4.69, 9.17) is 4.74 Å². The third-order valence-corrected chi connectivity index (χ3v) is 4.88. The van der Waals surface area contributed by atoms with Gasteiger partial charge in [0.2, 0.25) is 0 Å². The molecule has 2 fully saturated rings. The molecule has 1 heterocycles. The SMILES string of the molecule is O=C(OCC1CC2CCC1C2)c1cccc2n[nH]nc12. The Morgan fingerprint density at radius 1 is 1.30 bits per heavy atom. The van der Waals surface area contributed by atoms with Gasteiger partial charge >= 0.3 is 5.97 Å². The van der Waals surface area contributed by atoms with Crippen LogP contribution >= 0.6 is 0 Å². The second-order valence-electron chi connectivity index (χ2n) is 6.03. The van der Waals surface area contributed by atoms with E-state index < -0.39 is 0 Å². The van der Waals surface area contributed by atoms with Gasteiger partial charge in [-0.2, -0.15) is 15.4 Å². The molecular formula is C15H17N3O2. The predicted molar refractivity (Wildman–Crippen MR) is 73.1 cm³/mol. The summed E-state index contributed by atoms with van der Waals surface area (Å²) >= 11 is 0. The average molecular weight is 271 g/mol. The highest BCUT2D eigenvalue weighted by Crippen LogP contribution is 2.48. The lowest BCUT2D eigenvalue weighted by Gasteiger charge is -2.21. The van der Waals surface area contributed by atoms with Crippen LogP contribution in [0.2, 0.25) is 0 Å². The highest BCUT2D eigenvalue weighted by atomic mass is 16.5. The summed E-state index contributed by atoms with van der Waals surface area (Å²) in [5, 5.41) is 10.6. The third kappa shape index (κ3) is 1.88. The topological polar surface area (TPSA) is 67.9 Å². The van der Waals surface area contributed by atoms with E-state index >= 15 is 0 Å². The van der Waals surface area contributed by atoms with Crippen LogP contribution in [0.25, 0.3) is 11.0 Å². The van der Waals surface area contributed by atoms with Crippen LogP contribution in [0.5, 0.6) is 0 Å². The number of aromatic amines is 1. The molecule has 3 atom stereocenters. The summed E-state index contributed by atoms with van der Waals surface area (Å²) in [5.41, 5.74) is 1.78. The molecule has 0 saturated heterocycles. The monoisotopic (exact) mass is 271 g/mol. The van der Waals surface area contributed by atoms with Crippen LogP contribution in [0.15, 0.2) is 18.2 Å². The molecule has 5 heteroatoms. The van der Waals surface area contributed by atoms with Gasteiger partial charge in [0.1, 0.15) is 11.0 Å². The van der Waals surface area contributed by atoms with Gasteiger partial charge < -0.3 is 4.74 Å². The van der Waals surface area contributed by atoms with Crippen LogP contribution in [-0.2, 0) is 4.74 Å². The van der Waals surface area contributed by atoms with Crippen LogP contribution in [0.1, 0.15) is 36.0 Å². The molecule has 3 unspecified atom stereocenters. The molecule has 2 aliphatic rings. The fourth-order valence-electron chi connectivity index (χ4n) is 3.87. The zero-order valence-electron chi connectivity index (χ0n) is 11.2. The van der Waals surface area contributed by atoms with E-state index in [1.165, 1.54) is 25.7 Å². The summed E-state index contributed by atoms with van der Waals surface area (Å²) in [6, 6.07) is 5.37. The van der Waals surface area contributed by atoms with Crippen LogP contribution in [0.3, 0.4) is 0 Å². The Labute approximate surface area is 116 Å². The zero-order chi connectivity index (χ0) is 13.5. The van der Waals surface area contributed by atoms with Gasteiger partial charge in [0.25, 0.3) is 0 Å². The number of ether oxygens (including phenoxy) is 1. The van der Waals surface area contributed by atoms with Gasteiger partial charge in [0, 0.05) is 0 Å². The summed E-state index contributed by atoms with van der Waals surface area (Å²) in [6.45, 7) is 0.550. The third-order valence-electron chi connectivity index (χ3n) is 4.88. The molecule has 0 amide bonds. The predicted octanol–water partition coefficient (Wildman–Crippen LogP) is 2.55. The van der Waals surface area contributed by atoms with Gasteiger partial charge in [-0.1, -0.05) is 12.5 Å². The Hall–Kier alpha value is -1.91. The Morgan fingerprint density at radius 3 is 3.05 bits per heavy atom. The largest absolute Gasteiger partial charge is 0.462 e. The van der Waals surface area contributed by atoms with Crippen molar-refractivity contribution >= 4 is 17.0 Å². The lowest BCUT2D eigenvalue weighted by molar-refractivity contribution is 0.0396. The lowest BCUT2D eigenvalue weighted by atomic mass is 9.89. The van der Waals surface area contributed by atoms with Crippen LogP contribution < -0.4 is 0 Å². The molecule has 2 saturated carbocycles. The highest BCUT2D eigenvalue weighted by Gasteiger charge is 2.39. The lowest BCUT2D eigenvalue weighted by Crippen LogP contribution is -2.19. The van der Waals surface area contributed by atoms with Crippen LogP contribution in [0, 0.1) is 17.8 Å². The number of esters is 1. The maximum Gasteiger partial charge on any atom is 0.340 e. The van der Waals surface area contributed by atoms with Crippen molar-refractivity contribution in [2.24, 2.45) is 17.8 Å². The summed E-state index contributed by atoms with van der Waals surface area (Å²) < 4.78 is 5.52. The molecule has 1 aromatic carbocycles. The number of rotatable bonds is 3. The molecule has 2 bridgehead atoms. The number of carbonyl (C=O) groups excluding carboxylic acids is 1. The van der Waals surface area contributed by atoms with Crippen molar-refractivity contribution in [2.75, 3.05) is 6.61 Å². The number of hydrogen-bond acceptors (Lipinski definition) is 4. The van der Waals surface area contributed by atoms with E-state index in [1.54, 1.807) is 12.1 Å². The zero-order valence-corrected chi connectivity index (χ0v) is 11.2. The van der Waals surface area contributed by atoms with Gasteiger partial charge in [-0.15, -0.1) is 0 Å². The van der Waals surface area contributed by atoms with Crippen LogP contribution in [-0.4, -0.2) is 28.0 Å². The molecule has 5 nitrogen and oxygen atoms in total. The standard InChI is InChI=1S/C15H17N3O2/c19-15(12-2-1-3-13-14(12)17-18-16-13)20-8-11-7-9-4-5-10(11)6-9/h1-3,9-11H,4-8H2,(H,16,17,18). The van der Waals surface area contributed by atoms with Crippen molar-refractivity contribution in [1.82, 2.24) is 15.4 Å². The molecular weight excluding hydrogens is 254 g/mol. The summed E-state index contributed by atoms with van der Waals surface area (Å²) in [6.07, 6.45) is 5.24.